The average Bonchev–Trinajstić information content (AvgIpc) is 2.39. The smallest absolute Gasteiger partial charge is 0.119 e. The predicted molar refractivity (Wildman–Crippen MR) is 70.2 cm³/mol. The SMILES string of the molecule is S=c1ccc(-c2ccc3cccnc3c2)n[nH]1. The van der Waals surface area contributed by atoms with Crippen LogP contribution in [0.1, 0.15) is 0 Å². The van der Waals surface area contributed by atoms with Crippen LogP contribution in [0.15, 0.2) is 48.7 Å². The summed E-state index contributed by atoms with van der Waals surface area (Å²) in [6, 6.07) is 13.8. The van der Waals surface area contributed by atoms with E-state index in [-0.39, 0.29) is 0 Å². The first-order valence-corrected chi connectivity index (χ1v) is 5.65. The summed E-state index contributed by atoms with van der Waals surface area (Å²) in [5.41, 5.74) is 2.86. The maximum atomic E-state index is 4.97. The Kier molecular flexibility index (Phi) is 2.42. The molecule has 4 heteroatoms. The first kappa shape index (κ1) is 10.1. The molecule has 0 radical (unpaired) electrons. The largest absolute Gasteiger partial charge is 0.267 e. The lowest BCUT2D eigenvalue weighted by molar-refractivity contribution is 1.02. The average molecular weight is 239 g/mol. The molecule has 2 heterocycles. The van der Waals surface area contributed by atoms with Gasteiger partial charge in [-0.2, -0.15) is 5.10 Å². The van der Waals surface area contributed by atoms with Crippen molar-refractivity contribution in [1.82, 2.24) is 15.2 Å². The lowest BCUT2D eigenvalue weighted by atomic mass is 10.1. The van der Waals surface area contributed by atoms with Gasteiger partial charge in [0.25, 0.3) is 0 Å². The molecule has 1 aromatic carbocycles. The maximum absolute atomic E-state index is 4.97. The van der Waals surface area contributed by atoms with Gasteiger partial charge >= 0.3 is 0 Å². The van der Waals surface area contributed by atoms with Crippen molar-refractivity contribution in [2.45, 2.75) is 0 Å². The number of hydrogen-bond acceptors (Lipinski definition) is 3. The van der Waals surface area contributed by atoms with E-state index in [4.69, 9.17) is 12.2 Å². The van der Waals surface area contributed by atoms with Gasteiger partial charge in [0.2, 0.25) is 0 Å². The first-order valence-electron chi connectivity index (χ1n) is 5.24. The van der Waals surface area contributed by atoms with Gasteiger partial charge in [0.15, 0.2) is 0 Å². The van der Waals surface area contributed by atoms with Crippen LogP contribution in [0.4, 0.5) is 0 Å². The monoisotopic (exact) mass is 239 g/mol. The highest BCUT2D eigenvalue weighted by atomic mass is 32.1. The van der Waals surface area contributed by atoms with Gasteiger partial charge in [-0.25, -0.2) is 0 Å². The first-order chi connectivity index (χ1) is 8.33. The summed E-state index contributed by atoms with van der Waals surface area (Å²) in [6.07, 6.45) is 1.79. The Morgan fingerprint density at radius 1 is 1.06 bits per heavy atom. The number of hydrogen-bond donors (Lipinski definition) is 1. The van der Waals surface area contributed by atoms with E-state index in [1.807, 2.05) is 42.5 Å². The van der Waals surface area contributed by atoms with Crippen LogP contribution in [0.2, 0.25) is 0 Å². The van der Waals surface area contributed by atoms with Gasteiger partial charge < -0.3 is 0 Å². The number of benzene rings is 1. The van der Waals surface area contributed by atoms with E-state index >= 15 is 0 Å². The van der Waals surface area contributed by atoms with E-state index < -0.39 is 0 Å². The van der Waals surface area contributed by atoms with Crippen molar-refractivity contribution < 1.29 is 0 Å². The van der Waals surface area contributed by atoms with Crippen LogP contribution in [0.25, 0.3) is 22.2 Å². The van der Waals surface area contributed by atoms with E-state index in [2.05, 4.69) is 15.2 Å². The number of nitrogens with one attached hydrogen (secondary N) is 1. The van der Waals surface area contributed by atoms with Gasteiger partial charge in [0, 0.05) is 17.1 Å². The van der Waals surface area contributed by atoms with Crippen LogP contribution < -0.4 is 0 Å². The van der Waals surface area contributed by atoms with Crippen LogP contribution in [0.5, 0.6) is 0 Å². The Hall–Kier alpha value is -2.07. The molecule has 0 unspecified atom stereocenters. The molecule has 0 bridgehead atoms. The highest BCUT2D eigenvalue weighted by Crippen LogP contribution is 2.20. The third-order valence-electron chi connectivity index (χ3n) is 2.58. The molecule has 2 aromatic heterocycles. The lowest BCUT2D eigenvalue weighted by Crippen LogP contribution is -1.87. The number of aromatic amines is 1. The zero-order chi connectivity index (χ0) is 11.7. The van der Waals surface area contributed by atoms with Gasteiger partial charge in [-0.1, -0.05) is 30.4 Å². The van der Waals surface area contributed by atoms with Crippen LogP contribution >= 0.6 is 12.2 Å². The van der Waals surface area contributed by atoms with Gasteiger partial charge in [-0.3, -0.25) is 10.1 Å². The minimum Gasteiger partial charge on any atom is -0.267 e. The third kappa shape index (κ3) is 1.94. The standard InChI is InChI=1S/C13H9N3S/c17-13-6-5-11(15-16-13)10-4-3-9-2-1-7-14-12(9)8-10/h1-8H,(H,16,17). The number of rotatable bonds is 1. The summed E-state index contributed by atoms with van der Waals surface area (Å²) >= 11 is 4.97. The topological polar surface area (TPSA) is 41.6 Å². The number of pyridine rings is 1. The van der Waals surface area contributed by atoms with Crippen LogP contribution in [-0.4, -0.2) is 15.2 Å². The molecule has 0 aliphatic rings. The van der Waals surface area contributed by atoms with Gasteiger partial charge in [-0.05, 0) is 24.3 Å². The lowest BCUT2D eigenvalue weighted by Gasteiger charge is -2.01. The number of H-pyrrole nitrogens is 1. The Morgan fingerprint density at radius 3 is 2.82 bits per heavy atom. The molecular formula is C13H9N3S. The minimum absolute atomic E-state index is 0.632. The molecule has 1 N–H and O–H groups in total. The number of fused-ring (bicyclic) bond motifs is 1. The Morgan fingerprint density at radius 2 is 2.00 bits per heavy atom. The number of nitrogens with zero attached hydrogens (tertiary/aromatic N) is 2. The molecule has 0 spiro atoms. The summed E-state index contributed by atoms with van der Waals surface area (Å²) in [5, 5.41) is 8.11. The maximum Gasteiger partial charge on any atom is 0.119 e. The van der Waals surface area contributed by atoms with Crippen molar-refractivity contribution in [1.29, 1.82) is 0 Å². The van der Waals surface area contributed by atoms with Crippen molar-refractivity contribution in [3.05, 3.63) is 53.3 Å². The van der Waals surface area contributed by atoms with Crippen LogP contribution in [-0.2, 0) is 0 Å². The van der Waals surface area contributed by atoms with Gasteiger partial charge in [0.05, 0.1) is 11.2 Å². The quantitative estimate of drug-likeness (QED) is 0.662. The van der Waals surface area contributed by atoms with Crippen LogP contribution in [0, 0.1) is 4.64 Å². The van der Waals surface area contributed by atoms with E-state index in [0.29, 0.717) is 4.64 Å². The molecule has 0 amide bonds. The van der Waals surface area contributed by atoms with E-state index in [9.17, 15) is 0 Å². The second kappa shape index (κ2) is 4.07. The molecule has 82 valence electrons. The van der Waals surface area contributed by atoms with Crippen molar-refractivity contribution in [3.8, 4) is 11.3 Å². The highest BCUT2D eigenvalue weighted by Gasteiger charge is 2.00. The molecule has 0 aliphatic heterocycles. The summed E-state index contributed by atoms with van der Waals surface area (Å²) in [4.78, 5) is 4.33. The molecule has 0 fully saturated rings. The van der Waals surface area contributed by atoms with Crippen molar-refractivity contribution >= 4 is 23.1 Å². The summed E-state index contributed by atoms with van der Waals surface area (Å²) < 4.78 is 0.632. The molecular weight excluding hydrogens is 230 g/mol. The summed E-state index contributed by atoms with van der Waals surface area (Å²) in [5.74, 6) is 0. The van der Waals surface area contributed by atoms with Crippen LogP contribution in [0.3, 0.4) is 0 Å². The Balaban J connectivity index is 2.17. The van der Waals surface area contributed by atoms with Crippen molar-refractivity contribution in [3.63, 3.8) is 0 Å². The molecule has 0 saturated carbocycles. The Labute approximate surface area is 103 Å². The predicted octanol–water partition coefficient (Wildman–Crippen LogP) is 3.35. The highest BCUT2D eigenvalue weighted by molar-refractivity contribution is 7.71. The normalized spacial score (nSPS) is 10.6. The van der Waals surface area contributed by atoms with Crippen molar-refractivity contribution in [2.24, 2.45) is 0 Å². The fourth-order valence-corrected chi connectivity index (χ4v) is 1.84. The molecule has 0 aliphatic carbocycles. The van der Waals surface area contributed by atoms with E-state index in [1.165, 1.54) is 0 Å². The Bertz CT molecular complexity index is 713. The summed E-state index contributed by atoms with van der Waals surface area (Å²) in [7, 11) is 0. The zero-order valence-corrected chi connectivity index (χ0v) is 9.74. The van der Waals surface area contributed by atoms with E-state index in [1.54, 1.807) is 6.20 Å². The van der Waals surface area contributed by atoms with E-state index in [0.717, 1.165) is 22.2 Å². The molecule has 3 aromatic rings. The van der Waals surface area contributed by atoms with Crippen molar-refractivity contribution in [2.75, 3.05) is 0 Å². The minimum atomic E-state index is 0.632. The summed E-state index contributed by atoms with van der Waals surface area (Å²) in [6.45, 7) is 0. The fraction of sp³-hybridized carbons (Fsp3) is 0. The molecule has 17 heavy (non-hydrogen) atoms. The van der Waals surface area contributed by atoms with Gasteiger partial charge in [-0.15, -0.1) is 0 Å². The zero-order valence-electron chi connectivity index (χ0n) is 8.92. The number of aromatic nitrogens is 3. The second-order valence-corrected chi connectivity index (χ2v) is 4.16. The molecule has 3 rings (SSSR count). The molecule has 3 nitrogen and oxygen atoms in total. The fourth-order valence-electron chi connectivity index (χ4n) is 1.73. The second-order valence-electron chi connectivity index (χ2n) is 3.72. The molecule has 0 atom stereocenters. The molecule has 0 saturated heterocycles. The third-order valence-corrected chi connectivity index (χ3v) is 2.81. The van der Waals surface area contributed by atoms with Gasteiger partial charge in [0.1, 0.15) is 4.64 Å².